The molecule has 1 N–H and O–H groups in total. The zero-order chi connectivity index (χ0) is 19.1. The predicted octanol–water partition coefficient (Wildman–Crippen LogP) is 6.36. The fraction of sp³-hybridized carbons (Fsp3) is 0.176. The third kappa shape index (κ3) is 3.45. The first-order valence-corrected chi connectivity index (χ1v) is 9.09. The molecule has 0 saturated heterocycles. The maximum atomic E-state index is 13.9. The molecule has 1 aliphatic rings. The number of nitrogens with one attached hydrogen (secondary N) is 1. The van der Waals surface area contributed by atoms with Crippen LogP contribution < -0.4 is 5.48 Å². The van der Waals surface area contributed by atoms with E-state index >= 15 is 0 Å². The largest absolute Gasteiger partial charge is 0.428 e. The molecule has 1 unspecified atom stereocenters. The number of rotatable bonds is 3. The van der Waals surface area contributed by atoms with E-state index in [0.717, 1.165) is 18.2 Å². The van der Waals surface area contributed by atoms with Crippen molar-refractivity contribution in [2.24, 2.45) is 0 Å². The van der Waals surface area contributed by atoms with Gasteiger partial charge in [0.2, 0.25) is 5.60 Å². The van der Waals surface area contributed by atoms with Crippen LogP contribution >= 0.6 is 39.1 Å². The summed E-state index contributed by atoms with van der Waals surface area (Å²) in [6.45, 7) is 0. The molecule has 0 aromatic heterocycles. The van der Waals surface area contributed by atoms with E-state index in [4.69, 9.17) is 28.0 Å². The second-order valence-corrected chi connectivity index (χ2v) is 7.03. The molecule has 2 nitrogen and oxygen atoms in total. The van der Waals surface area contributed by atoms with Crippen LogP contribution in [0.3, 0.4) is 0 Å². The lowest BCUT2D eigenvalue weighted by Gasteiger charge is -2.28. The topological polar surface area (TPSA) is 21.3 Å². The number of benzene rings is 2. The van der Waals surface area contributed by atoms with Gasteiger partial charge in [0.05, 0.1) is 5.70 Å². The van der Waals surface area contributed by atoms with Gasteiger partial charge in [-0.05, 0) is 48.0 Å². The molecule has 0 radical (unpaired) electrons. The Labute approximate surface area is 164 Å². The van der Waals surface area contributed by atoms with E-state index in [1.807, 2.05) is 0 Å². The predicted molar refractivity (Wildman–Crippen MR) is 95.4 cm³/mol. The van der Waals surface area contributed by atoms with Gasteiger partial charge >= 0.3 is 6.18 Å². The van der Waals surface area contributed by atoms with E-state index in [0.29, 0.717) is 11.1 Å². The summed E-state index contributed by atoms with van der Waals surface area (Å²) in [6, 6.07) is 7.57. The average molecular weight is 471 g/mol. The summed E-state index contributed by atoms with van der Waals surface area (Å²) in [5, 5.41) is 0.310. The second kappa shape index (κ2) is 7.03. The van der Waals surface area contributed by atoms with Crippen molar-refractivity contribution in [2.45, 2.75) is 17.1 Å². The summed E-state index contributed by atoms with van der Waals surface area (Å²) in [4.78, 5) is 4.98. The van der Waals surface area contributed by atoms with Gasteiger partial charge in [0.15, 0.2) is 0 Å². The van der Waals surface area contributed by atoms with Crippen LogP contribution in [0.1, 0.15) is 16.7 Å². The van der Waals surface area contributed by atoms with Gasteiger partial charge in [-0.2, -0.15) is 13.2 Å². The third-order valence-corrected chi connectivity index (χ3v) is 4.92. The van der Waals surface area contributed by atoms with Crippen LogP contribution in [0.5, 0.6) is 0 Å². The SMILES string of the molecule is Fc1ccc(C2=CC(c3cc(Cl)cc(Cl)c3)(C(F)(F)F)ON2)cc1CBr. The summed E-state index contributed by atoms with van der Waals surface area (Å²) in [5.74, 6) is -0.464. The zero-order valence-electron chi connectivity index (χ0n) is 12.8. The molecule has 0 bridgehead atoms. The maximum absolute atomic E-state index is 13.9. The lowest BCUT2D eigenvalue weighted by molar-refractivity contribution is -0.269. The van der Waals surface area contributed by atoms with Gasteiger partial charge in [-0.3, -0.25) is 10.3 Å². The van der Waals surface area contributed by atoms with Gasteiger partial charge in [0.25, 0.3) is 0 Å². The van der Waals surface area contributed by atoms with Crippen molar-refractivity contribution in [1.29, 1.82) is 0 Å². The van der Waals surface area contributed by atoms with Crippen molar-refractivity contribution >= 4 is 44.8 Å². The molecule has 3 rings (SSSR count). The van der Waals surface area contributed by atoms with Crippen LogP contribution in [-0.4, -0.2) is 6.18 Å². The number of hydrogen-bond acceptors (Lipinski definition) is 2. The summed E-state index contributed by atoms with van der Waals surface area (Å²) in [6.07, 6.45) is -3.91. The van der Waals surface area contributed by atoms with Crippen LogP contribution in [0.25, 0.3) is 5.70 Å². The molecular weight excluding hydrogens is 461 g/mol. The summed E-state index contributed by atoms with van der Waals surface area (Å²) < 4.78 is 55.3. The van der Waals surface area contributed by atoms with Gasteiger partial charge < -0.3 is 0 Å². The van der Waals surface area contributed by atoms with E-state index in [-0.39, 0.29) is 26.6 Å². The molecule has 0 amide bonds. The van der Waals surface area contributed by atoms with Crippen molar-refractivity contribution < 1.29 is 22.4 Å². The van der Waals surface area contributed by atoms with Crippen LogP contribution in [0, 0.1) is 5.82 Å². The molecule has 138 valence electrons. The Bertz CT molecular complexity index is 867. The highest BCUT2D eigenvalue weighted by Gasteiger charge is 2.59. The first-order valence-electron chi connectivity index (χ1n) is 7.21. The Morgan fingerprint density at radius 3 is 2.31 bits per heavy atom. The summed E-state index contributed by atoms with van der Waals surface area (Å²) in [5.41, 5.74) is -0.0433. The number of halogens is 7. The minimum Gasteiger partial charge on any atom is -0.265 e. The fourth-order valence-electron chi connectivity index (χ4n) is 2.60. The van der Waals surface area contributed by atoms with E-state index in [9.17, 15) is 17.6 Å². The van der Waals surface area contributed by atoms with E-state index in [2.05, 4.69) is 21.4 Å². The zero-order valence-corrected chi connectivity index (χ0v) is 15.9. The number of alkyl halides is 4. The Morgan fingerprint density at radius 2 is 1.73 bits per heavy atom. The highest BCUT2D eigenvalue weighted by molar-refractivity contribution is 9.08. The fourth-order valence-corrected chi connectivity index (χ4v) is 3.55. The standard InChI is InChI=1S/C17H10BrCl2F4NO/c18-8-10-3-9(1-2-14(10)21)15-7-16(26-25-15,17(22,23)24)11-4-12(19)6-13(20)5-11/h1-7,25H,8H2. The number of hydrogen-bond donors (Lipinski definition) is 1. The molecule has 0 saturated carbocycles. The van der Waals surface area contributed by atoms with Crippen LogP contribution in [0.15, 0.2) is 42.5 Å². The van der Waals surface area contributed by atoms with Gasteiger partial charge in [-0.15, -0.1) is 0 Å². The van der Waals surface area contributed by atoms with Gasteiger partial charge in [-0.1, -0.05) is 39.1 Å². The minimum absolute atomic E-state index is 0.0462. The van der Waals surface area contributed by atoms with Crippen molar-refractivity contribution in [2.75, 3.05) is 0 Å². The molecular formula is C17H10BrCl2F4NO. The van der Waals surface area contributed by atoms with E-state index in [1.54, 1.807) is 0 Å². The number of hydroxylamine groups is 1. The second-order valence-electron chi connectivity index (χ2n) is 5.59. The Hall–Kier alpha value is -1.28. The highest BCUT2D eigenvalue weighted by atomic mass is 79.9. The lowest BCUT2D eigenvalue weighted by Crippen LogP contribution is -2.42. The van der Waals surface area contributed by atoms with Gasteiger partial charge in [0.1, 0.15) is 5.82 Å². The third-order valence-electron chi connectivity index (χ3n) is 3.88. The molecule has 0 aliphatic carbocycles. The van der Waals surface area contributed by atoms with Crippen molar-refractivity contribution in [1.82, 2.24) is 5.48 Å². The smallest absolute Gasteiger partial charge is 0.265 e. The van der Waals surface area contributed by atoms with Crippen LogP contribution in [0.4, 0.5) is 17.6 Å². The van der Waals surface area contributed by atoms with Crippen LogP contribution in [-0.2, 0) is 15.8 Å². The molecule has 0 spiro atoms. The lowest BCUT2D eigenvalue weighted by atomic mass is 9.91. The Kier molecular flexibility index (Phi) is 5.27. The van der Waals surface area contributed by atoms with Gasteiger partial charge in [-0.25, -0.2) is 4.39 Å². The summed E-state index contributed by atoms with van der Waals surface area (Å²) >= 11 is 14.8. The first kappa shape index (κ1) is 19.5. The average Bonchev–Trinajstić information content (AvgIpc) is 3.01. The maximum Gasteiger partial charge on any atom is 0.428 e. The molecule has 9 heteroatoms. The van der Waals surface area contributed by atoms with Crippen molar-refractivity contribution in [3.8, 4) is 0 Å². The first-order chi connectivity index (χ1) is 12.2. The highest BCUT2D eigenvalue weighted by Crippen LogP contribution is 2.48. The molecule has 0 fully saturated rings. The summed E-state index contributed by atoms with van der Waals surface area (Å²) in [7, 11) is 0. The van der Waals surface area contributed by atoms with Crippen LogP contribution in [0.2, 0.25) is 10.0 Å². The monoisotopic (exact) mass is 469 g/mol. The molecule has 2 aromatic carbocycles. The Morgan fingerprint density at radius 1 is 1.08 bits per heavy atom. The van der Waals surface area contributed by atoms with E-state index in [1.165, 1.54) is 24.3 Å². The quantitative estimate of drug-likeness (QED) is 0.416. The molecule has 1 atom stereocenters. The Balaban J connectivity index is 2.14. The molecule has 26 heavy (non-hydrogen) atoms. The molecule has 1 heterocycles. The minimum atomic E-state index is -4.80. The van der Waals surface area contributed by atoms with Gasteiger partial charge in [0, 0.05) is 26.5 Å². The molecule has 1 aliphatic heterocycles. The van der Waals surface area contributed by atoms with Crippen molar-refractivity contribution in [3.05, 3.63) is 75.0 Å². The van der Waals surface area contributed by atoms with Crippen molar-refractivity contribution in [3.63, 3.8) is 0 Å². The van der Waals surface area contributed by atoms with E-state index < -0.39 is 17.6 Å². The normalized spacial score (nSPS) is 20.0. The molecule has 2 aromatic rings.